The minimum absolute atomic E-state index is 0.0631. The molecule has 6 rings (SSSR count). The van der Waals surface area contributed by atoms with Gasteiger partial charge in [-0.1, -0.05) is 66.8 Å². The van der Waals surface area contributed by atoms with Gasteiger partial charge in [0.25, 0.3) is 0 Å². The Morgan fingerprint density at radius 3 is 2.32 bits per heavy atom. The molecule has 0 amide bonds. The maximum absolute atomic E-state index is 13.5. The van der Waals surface area contributed by atoms with Crippen LogP contribution in [0.2, 0.25) is 0 Å². The minimum atomic E-state index is -4.40. The smallest absolute Gasteiger partial charge is 0.355 e. The molecular formula is C32H25F3N2. The van der Waals surface area contributed by atoms with Gasteiger partial charge in [-0.25, -0.2) is 0 Å². The van der Waals surface area contributed by atoms with Crippen LogP contribution in [0.4, 0.5) is 24.5 Å². The van der Waals surface area contributed by atoms with Gasteiger partial charge < -0.3 is 9.88 Å². The zero-order chi connectivity index (χ0) is 25.4. The SMILES string of the molecule is FC(F)(F)c1cccc(N(c2ccc(-c3ccc4[nH]c5ccccc5c4c3)cc2)C2C=CC=CCC2)c1. The van der Waals surface area contributed by atoms with Crippen LogP contribution >= 0.6 is 0 Å². The second-order valence-electron chi connectivity index (χ2n) is 9.35. The Labute approximate surface area is 213 Å². The van der Waals surface area contributed by atoms with Gasteiger partial charge in [0.2, 0.25) is 0 Å². The summed E-state index contributed by atoms with van der Waals surface area (Å²) in [5, 5.41) is 2.35. The standard InChI is InChI=1S/C32H25F3N2/c33-32(34,35)24-8-7-11-27(21-24)37(25-9-3-1-2-4-10-25)26-17-14-22(15-18-26)23-16-19-31-29(20-23)28-12-5-6-13-30(28)36-31/h1-3,5-9,11-21,25,36H,4,10H2. The van der Waals surface area contributed by atoms with Crippen molar-refractivity contribution in [3.63, 3.8) is 0 Å². The van der Waals surface area contributed by atoms with Crippen LogP contribution in [0.15, 0.2) is 115 Å². The normalized spacial score (nSPS) is 15.8. The van der Waals surface area contributed by atoms with Crippen LogP contribution in [0.5, 0.6) is 0 Å². The number of halogens is 3. The highest BCUT2D eigenvalue weighted by Crippen LogP contribution is 2.37. The largest absolute Gasteiger partial charge is 0.416 e. The quantitative estimate of drug-likeness (QED) is 0.264. The van der Waals surface area contributed by atoms with Crippen LogP contribution in [0.3, 0.4) is 0 Å². The molecule has 1 heterocycles. The minimum Gasteiger partial charge on any atom is -0.355 e. The first-order chi connectivity index (χ1) is 18.0. The number of nitrogens with one attached hydrogen (secondary N) is 1. The molecule has 0 saturated carbocycles. The maximum Gasteiger partial charge on any atom is 0.416 e. The summed E-state index contributed by atoms with van der Waals surface area (Å²) in [5.74, 6) is 0. The highest BCUT2D eigenvalue weighted by molar-refractivity contribution is 6.08. The van der Waals surface area contributed by atoms with E-state index in [-0.39, 0.29) is 6.04 Å². The Hall–Kier alpha value is -4.25. The molecular weight excluding hydrogens is 469 g/mol. The van der Waals surface area contributed by atoms with Gasteiger partial charge in [0, 0.05) is 33.2 Å². The van der Waals surface area contributed by atoms with E-state index in [2.05, 4.69) is 47.5 Å². The van der Waals surface area contributed by atoms with Crippen molar-refractivity contribution < 1.29 is 13.2 Å². The molecule has 0 aliphatic heterocycles. The lowest BCUT2D eigenvalue weighted by atomic mass is 10.0. The second-order valence-corrected chi connectivity index (χ2v) is 9.35. The molecule has 1 aliphatic carbocycles. The molecule has 1 N–H and O–H groups in total. The van der Waals surface area contributed by atoms with Crippen molar-refractivity contribution in [2.45, 2.75) is 25.1 Å². The predicted octanol–water partition coefficient (Wildman–Crippen LogP) is 9.42. The van der Waals surface area contributed by atoms with Crippen molar-refractivity contribution >= 4 is 33.2 Å². The maximum atomic E-state index is 13.5. The first-order valence-electron chi connectivity index (χ1n) is 12.4. The molecule has 1 aromatic heterocycles. The molecule has 1 unspecified atom stereocenters. The van der Waals surface area contributed by atoms with Gasteiger partial charge in [0.1, 0.15) is 0 Å². The highest BCUT2D eigenvalue weighted by atomic mass is 19.4. The molecule has 0 bridgehead atoms. The van der Waals surface area contributed by atoms with Crippen LogP contribution in [-0.4, -0.2) is 11.0 Å². The lowest BCUT2D eigenvalue weighted by Crippen LogP contribution is -2.29. The Morgan fingerprint density at radius 1 is 0.703 bits per heavy atom. The van der Waals surface area contributed by atoms with Gasteiger partial charge in [-0.15, -0.1) is 0 Å². The summed E-state index contributed by atoms with van der Waals surface area (Å²) in [6.07, 6.45) is 5.39. The fourth-order valence-corrected chi connectivity index (χ4v) is 5.15. The summed E-state index contributed by atoms with van der Waals surface area (Å²) in [7, 11) is 0. The van der Waals surface area contributed by atoms with Crippen molar-refractivity contribution in [3.05, 3.63) is 121 Å². The van der Waals surface area contributed by atoms with Gasteiger partial charge >= 0.3 is 6.18 Å². The van der Waals surface area contributed by atoms with Crippen molar-refractivity contribution in [3.8, 4) is 11.1 Å². The average Bonchev–Trinajstić information content (AvgIpc) is 3.07. The molecule has 0 spiro atoms. The number of nitrogens with zero attached hydrogens (tertiary/aromatic N) is 1. The summed E-state index contributed by atoms with van der Waals surface area (Å²) < 4.78 is 40.6. The molecule has 37 heavy (non-hydrogen) atoms. The van der Waals surface area contributed by atoms with Crippen molar-refractivity contribution in [1.29, 1.82) is 0 Å². The Morgan fingerprint density at radius 2 is 1.49 bits per heavy atom. The molecule has 5 heteroatoms. The van der Waals surface area contributed by atoms with E-state index in [0.717, 1.165) is 46.8 Å². The molecule has 2 nitrogen and oxygen atoms in total. The number of rotatable bonds is 4. The highest BCUT2D eigenvalue weighted by Gasteiger charge is 2.31. The van der Waals surface area contributed by atoms with E-state index in [1.807, 2.05) is 53.5 Å². The number of aromatic amines is 1. The predicted molar refractivity (Wildman–Crippen MR) is 146 cm³/mol. The van der Waals surface area contributed by atoms with E-state index < -0.39 is 11.7 Å². The molecule has 0 fully saturated rings. The molecule has 4 aromatic carbocycles. The second kappa shape index (κ2) is 9.32. The first kappa shape index (κ1) is 23.2. The van der Waals surface area contributed by atoms with Crippen LogP contribution in [0.1, 0.15) is 18.4 Å². The Bertz CT molecular complexity index is 1620. The fourth-order valence-electron chi connectivity index (χ4n) is 5.15. The number of benzene rings is 4. The number of hydrogen-bond acceptors (Lipinski definition) is 1. The zero-order valence-electron chi connectivity index (χ0n) is 20.0. The van der Waals surface area contributed by atoms with Crippen LogP contribution in [0, 0.1) is 0 Å². The van der Waals surface area contributed by atoms with E-state index in [0.29, 0.717) is 5.69 Å². The molecule has 1 aliphatic rings. The Balaban J connectivity index is 1.39. The van der Waals surface area contributed by atoms with E-state index in [4.69, 9.17) is 0 Å². The lowest BCUT2D eigenvalue weighted by Gasteiger charge is -2.32. The number of H-pyrrole nitrogens is 1. The van der Waals surface area contributed by atoms with Crippen molar-refractivity contribution in [2.75, 3.05) is 4.90 Å². The third kappa shape index (κ3) is 4.53. The average molecular weight is 495 g/mol. The molecule has 0 radical (unpaired) electrons. The van der Waals surface area contributed by atoms with Gasteiger partial charge in [0.15, 0.2) is 0 Å². The fraction of sp³-hybridized carbons (Fsp3) is 0.125. The lowest BCUT2D eigenvalue weighted by molar-refractivity contribution is -0.137. The first-order valence-corrected chi connectivity index (χ1v) is 12.4. The topological polar surface area (TPSA) is 19.0 Å². The number of alkyl halides is 3. The monoisotopic (exact) mass is 494 g/mol. The summed E-state index contributed by atoms with van der Waals surface area (Å²) >= 11 is 0. The third-order valence-electron chi connectivity index (χ3n) is 6.98. The number of para-hydroxylation sites is 1. The number of hydrogen-bond donors (Lipinski definition) is 1. The number of anilines is 2. The van der Waals surface area contributed by atoms with Gasteiger partial charge in [-0.05, 0) is 72.5 Å². The molecule has 0 saturated heterocycles. The van der Waals surface area contributed by atoms with Crippen LogP contribution in [0.25, 0.3) is 32.9 Å². The zero-order valence-corrected chi connectivity index (χ0v) is 20.0. The van der Waals surface area contributed by atoms with E-state index in [1.54, 1.807) is 6.07 Å². The van der Waals surface area contributed by atoms with Gasteiger partial charge in [-0.3, -0.25) is 0 Å². The van der Waals surface area contributed by atoms with Crippen molar-refractivity contribution in [2.24, 2.45) is 0 Å². The number of fused-ring (bicyclic) bond motifs is 3. The Kier molecular flexibility index (Phi) is 5.84. The van der Waals surface area contributed by atoms with Crippen molar-refractivity contribution in [1.82, 2.24) is 4.98 Å². The summed E-state index contributed by atoms with van der Waals surface area (Å²) in [6, 6.07) is 28.2. The number of allylic oxidation sites excluding steroid dienone is 3. The molecule has 5 aromatic rings. The number of aromatic nitrogens is 1. The van der Waals surface area contributed by atoms with E-state index in [1.165, 1.54) is 22.9 Å². The summed E-state index contributed by atoms with van der Waals surface area (Å²) in [6.45, 7) is 0. The third-order valence-corrected chi connectivity index (χ3v) is 6.98. The van der Waals surface area contributed by atoms with Crippen LogP contribution < -0.4 is 4.90 Å². The summed E-state index contributed by atoms with van der Waals surface area (Å²) in [4.78, 5) is 5.46. The molecule has 1 atom stereocenters. The summed E-state index contributed by atoms with van der Waals surface area (Å²) in [5.41, 5.74) is 5.08. The molecule has 184 valence electrons. The van der Waals surface area contributed by atoms with Gasteiger partial charge in [-0.2, -0.15) is 13.2 Å². The van der Waals surface area contributed by atoms with Crippen LogP contribution in [-0.2, 0) is 6.18 Å². The van der Waals surface area contributed by atoms with E-state index in [9.17, 15) is 13.2 Å². The van der Waals surface area contributed by atoms with E-state index >= 15 is 0 Å². The van der Waals surface area contributed by atoms with Gasteiger partial charge in [0.05, 0.1) is 11.6 Å².